The van der Waals surface area contributed by atoms with E-state index in [1.807, 2.05) is 17.4 Å². The fourth-order valence-corrected chi connectivity index (χ4v) is 5.17. The number of hydrogen-bond acceptors (Lipinski definition) is 5. The highest BCUT2D eigenvalue weighted by atomic mass is 35.5. The van der Waals surface area contributed by atoms with E-state index in [2.05, 4.69) is 51.4 Å². The number of methoxy groups -OCH3 is 1. The largest absolute Gasteiger partial charge is 0.493 e. The lowest BCUT2D eigenvalue weighted by molar-refractivity contribution is 0.186. The first kappa shape index (κ1) is 19.5. The van der Waals surface area contributed by atoms with Gasteiger partial charge in [0.15, 0.2) is 11.6 Å². The zero-order valence-electron chi connectivity index (χ0n) is 16.4. The molecule has 0 amide bonds. The number of anilines is 1. The van der Waals surface area contributed by atoms with Gasteiger partial charge in [0.1, 0.15) is 0 Å². The van der Waals surface area contributed by atoms with Gasteiger partial charge in [0.2, 0.25) is 0 Å². The average molecular weight is 416 g/mol. The highest BCUT2D eigenvalue weighted by Gasteiger charge is 2.26. The molecule has 1 aromatic carbocycles. The van der Waals surface area contributed by atoms with Crippen LogP contribution >= 0.6 is 22.9 Å². The summed E-state index contributed by atoms with van der Waals surface area (Å²) in [6.07, 6.45) is 4.03. The third-order valence-electron chi connectivity index (χ3n) is 5.54. The first-order valence-corrected chi connectivity index (χ1v) is 11.0. The number of halogens is 1. The van der Waals surface area contributed by atoms with Crippen molar-refractivity contribution in [2.75, 3.05) is 38.2 Å². The van der Waals surface area contributed by atoms with Gasteiger partial charge in [0, 0.05) is 42.6 Å². The summed E-state index contributed by atoms with van der Waals surface area (Å²) in [5.74, 6) is 1.64. The van der Waals surface area contributed by atoms with Crippen molar-refractivity contribution in [3.63, 3.8) is 0 Å². The Hall–Kier alpha value is -1.82. The number of piperazine rings is 1. The highest BCUT2D eigenvalue weighted by molar-refractivity contribution is 7.17. The van der Waals surface area contributed by atoms with Crippen LogP contribution in [0, 0.1) is 0 Å². The van der Waals surface area contributed by atoms with Crippen molar-refractivity contribution in [2.45, 2.75) is 25.8 Å². The highest BCUT2D eigenvalue weighted by Crippen LogP contribution is 2.30. The molecule has 1 atom stereocenters. The number of thiophene rings is 1. The zero-order chi connectivity index (χ0) is 19.5. The Labute approximate surface area is 175 Å². The summed E-state index contributed by atoms with van der Waals surface area (Å²) in [4.78, 5) is 9.41. The topological polar surface area (TPSA) is 28.6 Å². The molecule has 3 aromatic rings. The molecular weight excluding hydrogens is 390 g/mol. The van der Waals surface area contributed by atoms with Crippen molar-refractivity contribution in [1.82, 2.24) is 9.88 Å². The van der Waals surface area contributed by atoms with Crippen LogP contribution in [0.3, 0.4) is 0 Å². The minimum Gasteiger partial charge on any atom is -0.493 e. The van der Waals surface area contributed by atoms with Crippen molar-refractivity contribution >= 4 is 38.8 Å². The number of pyridine rings is 1. The van der Waals surface area contributed by atoms with E-state index in [1.165, 1.54) is 22.1 Å². The molecule has 2 aromatic heterocycles. The van der Waals surface area contributed by atoms with Crippen LogP contribution in [-0.2, 0) is 6.42 Å². The molecule has 4 nitrogen and oxygen atoms in total. The maximum Gasteiger partial charge on any atom is 0.171 e. The molecule has 4 rings (SSSR count). The van der Waals surface area contributed by atoms with Gasteiger partial charge in [-0.05, 0) is 48.7 Å². The Bertz CT molecular complexity index is 944. The van der Waals surface area contributed by atoms with Crippen molar-refractivity contribution < 1.29 is 4.74 Å². The fraction of sp³-hybridized carbons (Fsp3) is 0.409. The lowest BCUT2D eigenvalue weighted by Gasteiger charge is -2.40. The minimum absolute atomic E-state index is 0.482. The minimum atomic E-state index is 0.482. The molecule has 1 saturated heterocycles. The molecule has 0 aliphatic carbocycles. The second-order valence-corrected chi connectivity index (χ2v) is 8.72. The van der Waals surface area contributed by atoms with Crippen LogP contribution < -0.4 is 9.64 Å². The third-order valence-corrected chi connectivity index (χ3v) is 6.76. The molecule has 0 spiro atoms. The smallest absolute Gasteiger partial charge is 0.171 e. The quantitative estimate of drug-likeness (QED) is 0.559. The van der Waals surface area contributed by atoms with Gasteiger partial charge in [-0.3, -0.25) is 4.90 Å². The first-order valence-electron chi connectivity index (χ1n) is 9.79. The molecule has 0 saturated carbocycles. The fourth-order valence-electron chi connectivity index (χ4n) is 4.02. The van der Waals surface area contributed by atoms with Gasteiger partial charge in [-0.2, -0.15) is 0 Å². The maximum atomic E-state index is 6.05. The second-order valence-electron chi connectivity index (χ2n) is 7.37. The number of aryl methyl sites for hydroxylation is 1. The molecule has 1 aliphatic rings. The van der Waals surface area contributed by atoms with Crippen LogP contribution in [0.2, 0.25) is 5.02 Å². The molecule has 3 heterocycles. The van der Waals surface area contributed by atoms with E-state index in [9.17, 15) is 0 Å². The molecule has 1 fully saturated rings. The number of benzene rings is 1. The standard InChI is InChI=1S/C22H26ClN3OS/c1-16-14-26(22-20(27-2)12-18(23)13-24-22)11-10-25(16)9-5-6-17-15-28-21-8-4-3-7-19(17)21/h3-4,7-8,12-13,15-16H,5-6,9-11,14H2,1-2H3. The summed E-state index contributed by atoms with van der Waals surface area (Å²) in [6.45, 7) is 6.38. The Kier molecular flexibility index (Phi) is 6.04. The van der Waals surface area contributed by atoms with Crippen LogP contribution in [0.4, 0.5) is 5.82 Å². The average Bonchev–Trinajstić information content (AvgIpc) is 3.12. The normalized spacial score (nSPS) is 18.0. The van der Waals surface area contributed by atoms with Crippen LogP contribution in [0.15, 0.2) is 41.9 Å². The Morgan fingerprint density at radius 2 is 2.14 bits per heavy atom. The molecule has 6 heteroatoms. The summed E-state index contributed by atoms with van der Waals surface area (Å²) in [7, 11) is 1.67. The van der Waals surface area contributed by atoms with Gasteiger partial charge in [-0.15, -0.1) is 11.3 Å². The summed E-state index contributed by atoms with van der Waals surface area (Å²) in [5.41, 5.74) is 1.49. The maximum absolute atomic E-state index is 6.05. The summed E-state index contributed by atoms with van der Waals surface area (Å²) in [5, 5.41) is 4.35. The van der Waals surface area contributed by atoms with Gasteiger partial charge in [-0.25, -0.2) is 4.98 Å². The number of hydrogen-bond donors (Lipinski definition) is 0. The van der Waals surface area contributed by atoms with E-state index in [1.54, 1.807) is 13.3 Å². The van der Waals surface area contributed by atoms with E-state index >= 15 is 0 Å². The number of aromatic nitrogens is 1. The molecule has 1 aliphatic heterocycles. The van der Waals surface area contributed by atoms with E-state index in [4.69, 9.17) is 16.3 Å². The SMILES string of the molecule is COc1cc(Cl)cnc1N1CCN(CCCc2csc3ccccc23)C(C)C1. The summed E-state index contributed by atoms with van der Waals surface area (Å²) in [6, 6.07) is 11.0. The van der Waals surface area contributed by atoms with Gasteiger partial charge < -0.3 is 9.64 Å². The molecule has 0 N–H and O–H groups in total. The Balaban J connectivity index is 1.33. The molecule has 1 unspecified atom stereocenters. The van der Waals surface area contributed by atoms with Gasteiger partial charge in [0.05, 0.1) is 12.1 Å². The van der Waals surface area contributed by atoms with E-state index < -0.39 is 0 Å². The van der Waals surface area contributed by atoms with Crippen LogP contribution in [0.5, 0.6) is 5.75 Å². The Morgan fingerprint density at radius 3 is 2.96 bits per heavy atom. The number of fused-ring (bicyclic) bond motifs is 1. The molecular formula is C22H26ClN3OS. The zero-order valence-corrected chi connectivity index (χ0v) is 18.0. The summed E-state index contributed by atoms with van der Waals surface area (Å²) < 4.78 is 6.87. The van der Waals surface area contributed by atoms with E-state index in [-0.39, 0.29) is 0 Å². The second kappa shape index (κ2) is 8.68. The van der Waals surface area contributed by atoms with Crippen molar-refractivity contribution in [1.29, 1.82) is 0 Å². The molecule has 0 bridgehead atoms. The van der Waals surface area contributed by atoms with Crippen LogP contribution in [-0.4, -0.2) is 49.2 Å². The third kappa shape index (κ3) is 4.12. The molecule has 28 heavy (non-hydrogen) atoms. The van der Waals surface area contributed by atoms with E-state index in [0.717, 1.165) is 44.2 Å². The first-order chi connectivity index (χ1) is 13.7. The number of nitrogens with zero attached hydrogens (tertiary/aromatic N) is 3. The Morgan fingerprint density at radius 1 is 1.29 bits per heavy atom. The number of rotatable bonds is 6. The number of ether oxygens (including phenoxy) is 1. The predicted octanol–water partition coefficient (Wildman–Crippen LogP) is 5.10. The lowest BCUT2D eigenvalue weighted by atomic mass is 10.1. The molecule has 0 radical (unpaired) electrons. The van der Waals surface area contributed by atoms with Crippen molar-refractivity contribution in [2.24, 2.45) is 0 Å². The van der Waals surface area contributed by atoms with Crippen molar-refractivity contribution in [3.8, 4) is 5.75 Å². The monoisotopic (exact) mass is 415 g/mol. The van der Waals surface area contributed by atoms with Gasteiger partial charge >= 0.3 is 0 Å². The van der Waals surface area contributed by atoms with Gasteiger partial charge in [-0.1, -0.05) is 29.8 Å². The predicted molar refractivity (Wildman–Crippen MR) is 119 cm³/mol. The van der Waals surface area contributed by atoms with Crippen molar-refractivity contribution in [3.05, 3.63) is 52.5 Å². The van der Waals surface area contributed by atoms with Gasteiger partial charge in [0.25, 0.3) is 0 Å². The summed E-state index contributed by atoms with van der Waals surface area (Å²) >= 11 is 7.91. The van der Waals surface area contributed by atoms with E-state index in [0.29, 0.717) is 11.1 Å². The lowest BCUT2D eigenvalue weighted by Crippen LogP contribution is -2.52. The van der Waals surface area contributed by atoms with Crippen LogP contribution in [0.1, 0.15) is 18.9 Å². The van der Waals surface area contributed by atoms with Crippen LogP contribution in [0.25, 0.3) is 10.1 Å². The molecule has 148 valence electrons.